The van der Waals surface area contributed by atoms with Crippen molar-refractivity contribution in [3.63, 3.8) is 0 Å². The summed E-state index contributed by atoms with van der Waals surface area (Å²) in [5, 5.41) is 0. The van der Waals surface area contributed by atoms with Gasteiger partial charge in [-0.1, -0.05) is 46.6 Å². The monoisotopic (exact) mass is 450 g/mol. The molecule has 178 valence electrons. The zero-order valence-electron chi connectivity index (χ0n) is 19.4. The van der Waals surface area contributed by atoms with Crippen LogP contribution in [0.15, 0.2) is 12.7 Å². The first-order chi connectivity index (χ1) is 14.2. The SMILES string of the molecule is C=CC(=O)OCCCCC(CC[N+](CCCC)(CCCC)CCCC)OP(=O)(O)O. The second kappa shape index (κ2) is 16.9. The normalized spacial score (nSPS) is 13.2. The number of hydrogen-bond acceptors (Lipinski definition) is 4. The van der Waals surface area contributed by atoms with Gasteiger partial charge in [0.2, 0.25) is 0 Å². The maximum atomic E-state index is 11.5. The lowest BCUT2D eigenvalue weighted by Gasteiger charge is -2.40. The predicted octanol–water partition coefficient (Wildman–Crippen LogP) is 4.97. The van der Waals surface area contributed by atoms with Crippen molar-refractivity contribution in [2.24, 2.45) is 0 Å². The third kappa shape index (κ3) is 15.1. The van der Waals surface area contributed by atoms with Crippen molar-refractivity contribution in [2.45, 2.75) is 91.1 Å². The van der Waals surface area contributed by atoms with E-state index in [0.717, 1.165) is 75.3 Å². The number of phosphoric ester groups is 1. The molecular formula is C22H45NO6P+. The number of rotatable bonds is 20. The smallest absolute Gasteiger partial charge is 0.463 e. The van der Waals surface area contributed by atoms with E-state index in [4.69, 9.17) is 9.26 Å². The largest absolute Gasteiger partial charge is 0.469 e. The average molecular weight is 451 g/mol. The molecule has 2 N–H and O–H groups in total. The summed E-state index contributed by atoms with van der Waals surface area (Å²) >= 11 is 0. The van der Waals surface area contributed by atoms with E-state index < -0.39 is 19.9 Å². The number of phosphoric acid groups is 1. The maximum absolute atomic E-state index is 11.5. The Morgan fingerprint density at radius 3 is 1.90 bits per heavy atom. The van der Waals surface area contributed by atoms with Crippen LogP contribution in [0.3, 0.4) is 0 Å². The summed E-state index contributed by atoms with van der Waals surface area (Å²) in [5.41, 5.74) is 0. The van der Waals surface area contributed by atoms with Crippen molar-refractivity contribution >= 4 is 13.8 Å². The standard InChI is InChI=1S/C22H44NO6P/c1-5-9-16-23(17-10-6-2,18-11-7-3)19-15-21(29-30(25,26)27)14-12-13-20-28-22(24)8-4/h8,21H,4-7,9-20H2,1-3H3,(H-,25,26,27)/p+1. The van der Waals surface area contributed by atoms with Crippen molar-refractivity contribution < 1.29 is 32.9 Å². The van der Waals surface area contributed by atoms with Gasteiger partial charge in [-0.15, -0.1) is 0 Å². The van der Waals surface area contributed by atoms with Crippen LogP contribution in [0.2, 0.25) is 0 Å². The first kappa shape index (κ1) is 29.3. The number of ether oxygens (including phenoxy) is 1. The van der Waals surface area contributed by atoms with Crippen LogP contribution in [0, 0.1) is 0 Å². The molecule has 0 spiro atoms. The Labute approximate surface area is 183 Å². The molecule has 0 aliphatic rings. The third-order valence-electron chi connectivity index (χ3n) is 5.50. The minimum atomic E-state index is -4.55. The summed E-state index contributed by atoms with van der Waals surface area (Å²) < 4.78 is 22.6. The highest BCUT2D eigenvalue weighted by Crippen LogP contribution is 2.39. The fraction of sp³-hybridized carbons (Fsp3) is 0.864. The Kier molecular flexibility index (Phi) is 16.5. The van der Waals surface area contributed by atoms with Gasteiger partial charge < -0.3 is 19.0 Å². The van der Waals surface area contributed by atoms with Crippen molar-refractivity contribution in [3.8, 4) is 0 Å². The number of carbonyl (C=O) groups is 1. The number of quaternary nitrogens is 1. The molecule has 8 heteroatoms. The number of nitrogens with zero attached hydrogens (tertiary/aromatic N) is 1. The molecule has 0 heterocycles. The van der Waals surface area contributed by atoms with E-state index in [9.17, 15) is 19.1 Å². The fourth-order valence-electron chi connectivity index (χ4n) is 3.72. The molecule has 0 radical (unpaired) electrons. The zero-order valence-corrected chi connectivity index (χ0v) is 20.3. The average Bonchev–Trinajstić information content (AvgIpc) is 2.70. The van der Waals surface area contributed by atoms with Gasteiger partial charge in [0.05, 0.1) is 38.9 Å². The second-order valence-electron chi connectivity index (χ2n) is 8.17. The van der Waals surface area contributed by atoms with Crippen LogP contribution < -0.4 is 0 Å². The van der Waals surface area contributed by atoms with E-state index in [1.807, 2.05) is 0 Å². The van der Waals surface area contributed by atoms with Gasteiger partial charge in [-0.05, 0) is 38.5 Å². The van der Waals surface area contributed by atoms with E-state index in [2.05, 4.69) is 27.4 Å². The Morgan fingerprint density at radius 2 is 1.47 bits per heavy atom. The van der Waals surface area contributed by atoms with Crippen molar-refractivity contribution in [3.05, 3.63) is 12.7 Å². The van der Waals surface area contributed by atoms with Gasteiger partial charge in [0, 0.05) is 12.5 Å². The Morgan fingerprint density at radius 1 is 0.933 bits per heavy atom. The summed E-state index contributed by atoms with van der Waals surface area (Å²) in [5.74, 6) is -0.456. The topological polar surface area (TPSA) is 93.1 Å². The lowest BCUT2D eigenvalue weighted by molar-refractivity contribution is -0.929. The predicted molar refractivity (Wildman–Crippen MR) is 121 cm³/mol. The van der Waals surface area contributed by atoms with Crippen LogP contribution in [-0.4, -0.2) is 59.1 Å². The van der Waals surface area contributed by atoms with Crippen LogP contribution in [-0.2, 0) is 18.6 Å². The number of carbonyl (C=O) groups excluding carboxylic acids is 1. The summed E-state index contributed by atoms with van der Waals surface area (Å²) in [6, 6.07) is 0. The molecule has 1 atom stereocenters. The van der Waals surface area contributed by atoms with Gasteiger partial charge in [-0.25, -0.2) is 9.36 Å². The van der Waals surface area contributed by atoms with E-state index >= 15 is 0 Å². The van der Waals surface area contributed by atoms with Gasteiger partial charge >= 0.3 is 13.8 Å². The van der Waals surface area contributed by atoms with Crippen LogP contribution in [0.5, 0.6) is 0 Å². The first-order valence-corrected chi connectivity index (χ1v) is 13.1. The molecule has 0 bridgehead atoms. The maximum Gasteiger partial charge on any atom is 0.469 e. The molecule has 0 aromatic carbocycles. The van der Waals surface area contributed by atoms with E-state index in [0.29, 0.717) is 25.7 Å². The van der Waals surface area contributed by atoms with Gasteiger partial charge in [-0.2, -0.15) is 0 Å². The summed E-state index contributed by atoms with van der Waals surface area (Å²) in [6.45, 7) is 14.4. The van der Waals surface area contributed by atoms with Gasteiger partial charge in [0.1, 0.15) is 0 Å². The Hall–Kier alpha value is -0.720. The van der Waals surface area contributed by atoms with Crippen LogP contribution >= 0.6 is 7.82 Å². The summed E-state index contributed by atoms with van der Waals surface area (Å²) in [4.78, 5) is 29.8. The second-order valence-corrected chi connectivity index (χ2v) is 9.36. The minimum Gasteiger partial charge on any atom is -0.463 e. The minimum absolute atomic E-state index is 0.275. The van der Waals surface area contributed by atoms with Crippen molar-refractivity contribution in [1.82, 2.24) is 0 Å². The molecule has 0 aromatic heterocycles. The Balaban J connectivity index is 4.98. The molecule has 0 fully saturated rings. The highest BCUT2D eigenvalue weighted by molar-refractivity contribution is 7.46. The van der Waals surface area contributed by atoms with E-state index in [-0.39, 0.29) is 6.61 Å². The molecular weight excluding hydrogens is 405 g/mol. The Bertz CT molecular complexity index is 486. The quantitative estimate of drug-likeness (QED) is 0.0894. The fourth-order valence-corrected chi connectivity index (χ4v) is 4.32. The van der Waals surface area contributed by atoms with Crippen molar-refractivity contribution in [1.29, 1.82) is 0 Å². The van der Waals surface area contributed by atoms with E-state index in [1.54, 1.807) is 0 Å². The number of esters is 1. The van der Waals surface area contributed by atoms with Crippen LogP contribution in [0.1, 0.15) is 85.0 Å². The summed E-state index contributed by atoms with van der Waals surface area (Å²) in [6.07, 6.45) is 9.99. The molecule has 0 saturated carbocycles. The molecule has 30 heavy (non-hydrogen) atoms. The molecule has 1 unspecified atom stereocenters. The van der Waals surface area contributed by atoms with Crippen LogP contribution in [0.4, 0.5) is 0 Å². The van der Waals surface area contributed by atoms with Crippen molar-refractivity contribution in [2.75, 3.05) is 32.8 Å². The summed E-state index contributed by atoms with van der Waals surface area (Å²) in [7, 11) is -4.55. The number of unbranched alkanes of at least 4 members (excludes halogenated alkanes) is 4. The lowest BCUT2D eigenvalue weighted by atomic mass is 10.1. The molecule has 0 aliphatic carbocycles. The third-order valence-corrected chi connectivity index (χ3v) is 6.07. The lowest BCUT2D eigenvalue weighted by Crippen LogP contribution is -2.51. The van der Waals surface area contributed by atoms with Crippen LogP contribution in [0.25, 0.3) is 0 Å². The molecule has 0 aromatic rings. The highest BCUT2D eigenvalue weighted by Gasteiger charge is 2.29. The molecule has 0 rings (SSSR count). The molecule has 0 amide bonds. The van der Waals surface area contributed by atoms with E-state index in [1.165, 1.54) is 0 Å². The van der Waals surface area contributed by atoms with Gasteiger partial charge in [0.25, 0.3) is 0 Å². The molecule has 0 aliphatic heterocycles. The van der Waals surface area contributed by atoms with Gasteiger partial charge in [-0.3, -0.25) is 4.52 Å². The first-order valence-electron chi connectivity index (χ1n) is 11.6. The molecule has 0 saturated heterocycles. The molecule has 7 nitrogen and oxygen atoms in total. The number of hydrogen-bond donors (Lipinski definition) is 2. The highest BCUT2D eigenvalue weighted by atomic mass is 31.2. The van der Waals surface area contributed by atoms with Gasteiger partial charge in [0.15, 0.2) is 0 Å². The zero-order chi connectivity index (χ0) is 22.9.